The maximum atomic E-state index is 11.7. The molecule has 0 aliphatic rings. The van der Waals surface area contributed by atoms with Crippen LogP contribution < -0.4 is 4.74 Å². The Hall–Kier alpha value is -0.930. The van der Waals surface area contributed by atoms with Crippen LogP contribution >= 0.6 is 23.2 Å². The number of hydrogen-bond donors (Lipinski definition) is 0. The number of unbranched alkanes of at least 4 members (excludes halogenated alkanes) is 1. The van der Waals surface area contributed by atoms with Crippen LogP contribution in [0.2, 0.25) is 10.0 Å². The second-order valence-electron chi connectivity index (χ2n) is 5.63. The van der Waals surface area contributed by atoms with Crippen molar-refractivity contribution in [2.24, 2.45) is 5.92 Å². The molecule has 0 heterocycles. The van der Waals surface area contributed by atoms with Gasteiger partial charge in [0.15, 0.2) is 0 Å². The van der Waals surface area contributed by atoms with Gasteiger partial charge in [-0.25, -0.2) is 0 Å². The van der Waals surface area contributed by atoms with Crippen LogP contribution in [-0.4, -0.2) is 19.2 Å². The van der Waals surface area contributed by atoms with Crippen molar-refractivity contribution in [1.29, 1.82) is 0 Å². The van der Waals surface area contributed by atoms with Crippen molar-refractivity contribution in [2.45, 2.75) is 52.4 Å². The minimum atomic E-state index is -0.161. The first-order valence-electron chi connectivity index (χ1n) is 8.30. The zero-order valence-electron chi connectivity index (χ0n) is 13.9. The Bertz CT molecular complexity index is 477. The molecule has 1 rings (SSSR count). The van der Waals surface area contributed by atoms with E-state index >= 15 is 0 Å². The number of hydrogen-bond acceptors (Lipinski definition) is 3. The van der Waals surface area contributed by atoms with Gasteiger partial charge in [-0.2, -0.15) is 0 Å². The average molecular weight is 361 g/mol. The lowest BCUT2D eigenvalue weighted by atomic mass is 10.0. The van der Waals surface area contributed by atoms with Crippen LogP contribution in [0.3, 0.4) is 0 Å². The maximum Gasteiger partial charge on any atom is 0.305 e. The predicted octanol–water partition coefficient (Wildman–Crippen LogP) is 5.91. The Morgan fingerprint density at radius 1 is 1.22 bits per heavy atom. The first-order chi connectivity index (χ1) is 11.1. The molecule has 23 heavy (non-hydrogen) atoms. The Labute approximate surface area is 149 Å². The third kappa shape index (κ3) is 8.47. The van der Waals surface area contributed by atoms with E-state index in [1.54, 1.807) is 18.2 Å². The van der Waals surface area contributed by atoms with Gasteiger partial charge in [-0.15, -0.1) is 0 Å². The molecule has 0 spiro atoms. The van der Waals surface area contributed by atoms with Gasteiger partial charge in [0.05, 0.1) is 18.2 Å². The molecular formula is C18H26Cl2O3. The van der Waals surface area contributed by atoms with Crippen LogP contribution in [0.25, 0.3) is 0 Å². The van der Waals surface area contributed by atoms with Crippen molar-refractivity contribution in [3.8, 4) is 5.75 Å². The second kappa shape index (κ2) is 11.6. The normalized spacial score (nSPS) is 12.0. The molecule has 0 fully saturated rings. The summed E-state index contributed by atoms with van der Waals surface area (Å²) in [6.07, 6.45) is 5.49. The Balaban J connectivity index is 2.18. The molecule has 5 heteroatoms. The van der Waals surface area contributed by atoms with Crippen LogP contribution in [0.1, 0.15) is 52.4 Å². The maximum absolute atomic E-state index is 11.7. The quantitative estimate of drug-likeness (QED) is 0.363. The molecule has 1 unspecified atom stereocenters. The summed E-state index contributed by atoms with van der Waals surface area (Å²) in [5.41, 5.74) is 0. The molecule has 0 amide bonds. The fourth-order valence-corrected chi connectivity index (χ4v) is 2.64. The van der Waals surface area contributed by atoms with Crippen molar-refractivity contribution in [3.05, 3.63) is 28.2 Å². The van der Waals surface area contributed by atoms with Crippen molar-refractivity contribution < 1.29 is 14.3 Å². The van der Waals surface area contributed by atoms with Crippen LogP contribution in [0, 0.1) is 5.92 Å². The van der Waals surface area contributed by atoms with Gasteiger partial charge in [0, 0.05) is 11.4 Å². The lowest BCUT2D eigenvalue weighted by Crippen LogP contribution is -2.14. The largest absolute Gasteiger partial charge is 0.492 e. The fourth-order valence-electron chi connectivity index (χ4n) is 2.17. The highest BCUT2D eigenvalue weighted by molar-refractivity contribution is 6.35. The van der Waals surface area contributed by atoms with E-state index in [2.05, 4.69) is 13.8 Å². The highest BCUT2D eigenvalue weighted by Gasteiger charge is 2.10. The molecule has 130 valence electrons. The summed E-state index contributed by atoms with van der Waals surface area (Å²) in [4.78, 5) is 11.7. The summed E-state index contributed by atoms with van der Waals surface area (Å²) in [5.74, 6) is 0.892. The van der Waals surface area contributed by atoms with Crippen LogP contribution in [-0.2, 0) is 9.53 Å². The third-order valence-corrected chi connectivity index (χ3v) is 4.23. The number of ether oxygens (including phenoxy) is 2. The van der Waals surface area contributed by atoms with E-state index in [4.69, 9.17) is 32.7 Å². The molecule has 0 saturated heterocycles. The van der Waals surface area contributed by atoms with E-state index < -0.39 is 0 Å². The van der Waals surface area contributed by atoms with Gasteiger partial charge < -0.3 is 9.47 Å². The van der Waals surface area contributed by atoms with E-state index in [-0.39, 0.29) is 5.97 Å². The van der Waals surface area contributed by atoms with E-state index in [0.29, 0.717) is 47.8 Å². The highest BCUT2D eigenvalue weighted by atomic mass is 35.5. The summed E-state index contributed by atoms with van der Waals surface area (Å²) in [5, 5.41) is 1.04. The van der Waals surface area contributed by atoms with E-state index in [1.165, 1.54) is 12.8 Å². The number of rotatable bonds is 11. The molecule has 1 atom stereocenters. The zero-order valence-corrected chi connectivity index (χ0v) is 15.5. The van der Waals surface area contributed by atoms with Crippen LogP contribution in [0.4, 0.5) is 0 Å². The average Bonchev–Trinajstić information content (AvgIpc) is 2.53. The first kappa shape index (κ1) is 20.1. The molecule has 0 aliphatic heterocycles. The van der Waals surface area contributed by atoms with Gasteiger partial charge in [-0.3, -0.25) is 4.79 Å². The number of benzene rings is 1. The molecule has 0 aliphatic carbocycles. The monoisotopic (exact) mass is 360 g/mol. The van der Waals surface area contributed by atoms with Gasteiger partial charge >= 0.3 is 5.97 Å². The molecule has 0 bridgehead atoms. The molecular weight excluding hydrogens is 335 g/mol. The lowest BCUT2D eigenvalue weighted by molar-refractivity contribution is -0.145. The molecule has 3 nitrogen and oxygen atoms in total. The number of esters is 1. The molecule has 1 aromatic rings. The Kier molecular flexibility index (Phi) is 10.1. The predicted molar refractivity (Wildman–Crippen MR) is 95.5 cm³/mol. The Morgan fingerprint density at radius 3 is 2.65 bits per heavy atom. The molecule has 0 aromatic heterocycles. The second-order valence-corrected chi connectivity index (χ2v) is 6.47. The van der Waals surface area contributed by atoms with Gasteiger partial charge in [0.1, 0.15) is 5.75 Å². The summed E-state index contributed by atoms with van der Waals surface area (Å²) < 4.78 is 10.9. The number of carbonyl (C=O) groups is 1. The van der Waals surface area contributed by atoms with Gasteiger partial charge in [-0.05, 0) is 37.0 Å². The fraction of sp³-hybridized carbons (Fsp3) is 0.611. The first-order valence-corrected chi connectivity index (χ1v) is 9.05. The molecule has 0 saturated carbocycles. The summed E-state index contributed by atoms with van der Waals surface area (Å²) >= 11 is 11.8. The van der Waals surface area contributed by atoms with E-state index in [0.717, 1.165) is 12.8 Å². The van der Waals surface area contributed by atoms with Gasteiger partial charge in [0.25, 0.3) is 0 Å². The number of halogens is 2. The third-order valence-electron chi connectivity index (χ3n) is 3.70. The van der Waals surface area contributed by atoms with Gasteiger partial charge in [0.2, 0.25) is 0 Å². The SMILES string of the molecule is CCCCC(CC)COC(=O)CCCOc1ccc(Cl)cc1Cl. The Morgan fingerprint density at radius 2 is 2.00 bits per heavy atom. The van der Waals surface area contributed by atoms with Gasteiger partial charge in [-0.1, -0.05) is 56.3 Å². The standard InChI is InChI=1S/C18H26Cl2O3/c1-3-5-7-14(4-2)13-23-18(21)8-6-11-22-17-10-9-15(19)12-16(17)20/h9-10,12,14H,3-8,11,13H2,1-2H3. The van der Waals surface area contributed by atoms with E-state index in [1.807, 2.05) is 0 Å². The lowest BCUT2D eigenvalue weighted by Gasteiger charge is -2.14. The van der Waals surface area contributed by atoms with Crippen LogP contribution in [0.15, 0.2) is 18.2 Å². The minimum absolute atomic E-state index is 0.161. The summed E-state index contributed by atoms with van der Waals surface area (Å²) in [7, 11) is 0. The number of carbonyl (C=O) groups excluding carboxylic acids is 1. The topological polar surface area (TPSA) is 35.5 Å². The molecule has 0 radical (unpaired) electrons. The zero-order chi connectivity index (χ0) is 17.1. The van der Waals surface area contributed by atoms with E-state index in [9.17, 15) is 4.79 Å². The van der Waals surface area contributed by atoms with Crippen molar-refractivity contribution >= 4 is 29.2 Å². The summed E-state index contributed by atoms with van der Waals surface area (Å²) in [6.45, 7) is 5.26. The molecule has 1 aromatic carbocycles. The smallest absolute Gasteiger partial charge is 0.305 e. The summed E-state index contributed by atoms with van der Waals surface area (Å²) in [6, 6.07) is 5.08. The van der Waals surface area contributed by atoms with Crippen molar-refractivity contribution in [1.82, 2.24) is 0 Å². The van der Waals surface area contributed by atoms with Crippen molar-refractivity contribution in [3.63, 3.8) is 0 Å². The highest BCUT2D eigenvalue weighted by Crippen LogP contribution is 2.27. The minimum Gasteiger partial charge on any atom is -0.492 e. The molecule has 0 N–H and O–H groups in total. The van der Waals surface area contributed by atoms with Crippen molar-refractivity contribution in [2.75, 3.05) is 13.2 Å². The van der Waals surface area contributed by atoms with Crippen LogP contribution in [0.5, 0.6) is 5.75 Å².